The van der Waals surface area contributed by atoms with Gasteiger partial charge in [0.15, 0.2) is 11.5 Å². The molecule has 1 amide bonds. The molecular weight excluding hydrogens is 466 g/mol. The van der Waals surface area contributed by atoms with E-state index in [9.17, 15) is 9.59 Å². The predicted molar refractivity (Wildman–Crippen MR) is 135 cm³/mol. The van der Waals surface area contributed by atoms with Crippen LogP contribution >= 0.6 is 0 Å². The summed E-state index contributed by atoms with van der Waals surface area (Å²) < 4.78 is 32.5. The molecule has 0 saturated carbocycles. The molecule has 3 rings (SSSR count). The summed E-state index contributed by atoms with van der Waals surface area (Å²) in [5.41, 5.74) is 4.45. The minimum absolute atomic E-state index is 0.150. The van der Waals surface area contributed by atoms with Crippen LogP contribution in [0.5, 0.6) is 28.7 Å². The summed E-state index contributed by atoms with van der Waals surface area (Å²) in [7, 11) is 7.69. The van der Waals surface area contributed by atoms with E-state index in [1.54, 1.807) is 19.2 Å². The van der Waals surface area contributed by atoms with Crippen molar-refractivity contribution in [3.63, 3.8) is 0 Å². The van der Waals surface area contributed by atoms with Gasteiger partial charge in [0.05, 0.1) is 35.5 Å². The van der Waals surface area contributed by atoms with Crippen LogP contribution < -0.4 is 29.0 Å². The lowest BCUT2D eigenvalue weighted by molar-refractivity contribution is -0.116. The molecule has 9 heteroatoms. The number of allylic oxidation sites excluding steroid dienone is 2. The molecule has 1 heterocycles. The highest BCUT2D eigenvalue weighted by Gasteiger charge is 2.32. The molecule has 1 aliphatic heterocycles. The van der Waals surface area contributed by atoms with Crippen LogP contribution in [0, 0.1) is 6.92 Å². The standard InChI is InChI=1S/C27H33NO8/c1-15(9-11-22(29)28-17-12-20(31-3)26(35-7)21(13-17)32-4)8-10-18-24(33-5)16(2)19-14-36-27(30)23(19)25(18)34-6/h8,12-13H,9-11,14H2,1-7H3,(H,28,29)/b15-8+. The molecule has 0 aliphatic carbocycles. The Morgan fingerprint density at radius 2 is 1.56 bits per heavy atom. The number of carbonyl (C=O) groups excluding carboxylic acids is 2. The summed E-state index contributed by atoms with van der Waals surface area (Å²) in [5.74, 6) is 1.98. The average molecular weight is 500 g/mol. The summed E-state index contributed by atoms with van der Waals surface area (Å²) in [6, 6.07) is 3.36. The van der Waals surface area contributed by atoms with Crippen LogP contribution in [-0.2, 0) is 22.6 Å². The van der Waals surface area contributed by atoms with Gasteiger partial charge in [-0.2, -0.15) is 0 Å². The lowest BCUT2D eigenvalue weighted by Gasteiger charge is -2.18. The van der Waals surface area contributed by atoms with Crippen molar-refractivity contribution in [3.8, 4) is 28.7 Å². The minimum Gasteiger partial charge on any atom is -0.496 e. The van der Waals surface area contributed by atoms with Crippen molar-refractivity contribution in [3.05, 3.63) is 46.0 Å². The van der Waals surface area contributed by atoms with Crippen LogP contribution in [0.4, 0.5) is 5.69 Å². The topological polar surface area (TPSA) is 102 Å². The van der Waals surface area contributed by atoms with E-state index in [1.807, 2.05) is 19.9 Å². The third-order valence-corrected chi connectivity index (χ3v) is 6.18. The van der Waals surface area contributed by atoms with Gasteiger partial charge in [0.2, 0.25) is 11.7 Å². The normalized spacial score (nSPS) is 12.5. The maximum Gasteiger partial charge on any atom is 0.342 e. The lowest BCUT2D eigenvalue weighted by atomic mass is 9.94. The number of benzene rings is 2. The fourth-order valence-corrected chi connectivity index (χ4v) is 4.30. The Bertz CT molecular complexity index is 1160. The van der Waals surface area contributed by atoms with Gasteiger partial charge < -0.3 is 33.7 Å². The summed E-state index contributed by atoms with van der Waals surface area (Å²) in [6.07, 6.45) is 3.32. The Hall–Kier alpha value is -3.88. The second-order valence-corrected chi connectivity index (χ2v) is 8.32. The van der Waals surface area contributed by atoms with Crippen molar-refractivity contribution in [2.24, 2.45) is 0 Å². The largest absolute Gasteiger partial charge is 0.496 e. The van der Waals surface area contributed by atoms with Gasteiger partial charge in [-0.05, 0) is 32.3 Å². The molecule has 0 spiro atoms. The van der Waals surface area contributed by atoms with E-state index in [0.717, 1.165) is 22.3 Å². The van der Waals surface area contributed by atoms with Gasteiger partial charge in [-0.3, -0.25) is 4.79 Å². The Morgan fingerprint density at radius 1 is 0.944 bits per heavy atom. The molecule has 0 fully saturated rings. The number of methoxy groups -OCH3 is 5. The molecule has 2 aromatic rings. The Labute approximate surface area is 211 Å². The first kappa shape index (κ1) is 26.7. The molecule has 0 atom stereocenters. The summed E-state index contributed by atoms with van der Waals surface area (Å²) in [6.45, 7) is 4.08. The van der Waals surface area contributed by atoms with E-state index in [-0.39, 0.29) is 18.9 Å². The molecule has 36 heavy (non-hydrogen) atoms. The van der Waals surface area contributed by atoms with E-state index in [1.165, 1.54) is 28.4 Å². The van der Waals surface area contributed by atoms with Crippen LogP contribution in [0.1, 0.15) is 46.8 Å². The SMILES string of the molecule is COc1cc(NC(=O)CC/C(C)=C/Cc2c(OC)c(C)c3c(c2OC)C(=O)OC3)cc(OC)c1OC. The van der Waals surface area contributed by atoms with Gasteiger partial charge in [0, 0.05) is 35.4 Å². The quantitative estimate of drug-likeness (QED) is 0.353. The van der Waals surface area contributed by atoms with E-state index < -0.39 is 5.97 Å². The zero-order valence-corrected chi connectivity index (χ0v) is 21.8. The highest BCUT2D eigenvalue weighted by Crippen LogP contribution is 2.43. The number of nitrogens with one attached hydrogen (secondary N) is 1. The van der Waals surface area contributed by atoms with E-state index in [2.05, 4.69) is 5.32 Å². The van der Waals surface area contributed by atoms with Gasteiger partial charge in [-0.1, -0.05) is 11.6 Å². The van der Waals surface area contributed by atoms with Crippen LogP contribution in [0.3, 0.4) is 0 Å². The number of cyclic esters (lactones) is 1. The smallest absolute Gasteiger partial charge is 0.342 e. The van der Waals surface area contributed by atoms with E-state index in [4.69, 9.17) is 28.4 Å². The van der Waals surface area contributed by atoms with Crippen molar-refractivity contribution >= 4 is 17.6 Å². The van der Waals surface area contributed by atoms with E-state index >= 15 is 0 Å². The molecular formula is C27H33NO8. The second-order valence-electron chi connectivity index (χ2n) is 8.32. The first-order chi connectivity index (χ1) is 17.3. The number of fused-ring (bicyclic) bond motifs is 1. The zero-order valence-electron chi connectivity index (χ0n) is 21.8. The van der Waals surface area contributed by atoms with Crippen LogP contribution in [0.25, 0.3) is 0 Å². The Morgan fingerprint density at radius 3 is 2.11 bits per heavy atom. The van der Waals surface area contributed by atoms with Gasteiger partial charge in [-0.15, -0.1) is 0 Å². The highest BCUT2D eigenvalue weighted by atomic mass is 16.5. The number of hydrogen-bond acceptors (Lipinski definition) is 8. The summed E-state index contributed by atoms with van der Waals surface area (Å²) in [4.78, 5) is 24.9. The minimum atomic E-state index is -0.391. The van der Waals surface area contributed by atoms with Gasteiger partial charge in [-0.25, -0.2) is 4.79 Å². The first-order valence-electron chi connectivity index (χ1n) is 11.5. The number of hydrogen-bond donors (Lipinski definition) is 1. The molecule has 0 aromatic heterocycles. The van der Waals surface area contributed by atoms with Crippen molar-refractivity contribution in [1.29, 1.82) is 0 Å². The molecule has 0 unspecified atom stereocenters. The Kier molecular flexibility index (Phi) is 8.68. The molecule has 0 bridgehead atoms. The maximum atomic E-state index is 12.6. The fourth-order valence-electron chi connectivity index (χ4n) is 4.30. The second kappa shape index (κ2) is 11.7. The van der Waals surface area contributed by atoms with Crippen molar-refractivity contribution in [2.75, 3.05) is 40.9 Å². The number of rotatable bonds is 11. The van der Waals surface area contributed by atoms with Crippen molar-refractivity contribution < 1.29 is 38.0 Å². The molecule has 1 N–H and O–H groups in total. The number of esters is 1. The summed E-state index contributed by atoms with van der Waals surface area (Å²) >= 11 is 0. The van der Waals surface area contributed by atoms with E-state index in [0.29, 0.717) is 52.8 Å². The molecule has 0 radical (unpaired) electrons. The molecule has 1 aliphatic rings. The predicted octanol–water partition coefficient (Wildman–Crippen LogP) is 4.62. The lowest BCUT2D eigenvalue weighted by Crippen LogP contribution is -2.12. The fraction of sp³-hybridized carbons (Fsp3) is 0.407. The van der Waals surface area contributed by atoms with Crippen LogP contribution in [-0.4, -0.2) is 47.4 Å². The van der Waals surface area contributed by atoms with Gasteiger partial charge in [0.25, 0.3) is 0 Å². The van der Waals surface area contributed by atoms with Crippen molar-refractivity contribution in [1.82, 2.24) is 0 Å². The van der Waals surface area contributed by atoms with Crippen molar-refractivity contribution in [2.45, 2.75) is 39.7 Å². The monoisotopic (exact) mass is 499 g/mol. The third kappa shape index (κ3) is 5.35. The summed E-state index contributed by atoms with van der Waals surface area (Å²) in [5, 5.41) is 2.88. The average Bonchev–Trinajstić information content (AvgIpc) is 3.27. The first-order valence-corrected chi connectivity index (χ1v) is 11.5. The molecule has 194 valence electrons. The number of carbonyl (C=O) groups is 2. The third-order valence-electron chi connectivity index (χ3n) is 6.18. The van der Waals surface area contributed by atoms with Crippen LogP contribution in [0.2, 0.25) is 0 Å². The van der Waals surface area contributed by atoms with Crippen LogP contribution in [0.15, 0.2) is 23.8 Å². The Balaban J connectivity index is 1.72. The maximum absolute atomic E-state index is 12.6. The number of ether oxygens (including phenoxy) is 6. The van der Waals surface area contributed by atoms with Gasteiger partial charge in [0.1, 0.15) is 23.7 Å². The number of anilines is 1. The molecule has 2 aromatic carbocycles. The van der Waals surface area contributed by atoms with Gasteiger partial charge >= 0.3 is 5.97 Å². The highest BCUT2D eigenvalue weighted by molar-refractivity contribution is 5.98. The molecule has 0 saturated heterocycles. The molecule has 9 nitrogen and oxygen atoms in total. The zero-order chi connectivity index (χ0) is 26.4. The number of amides is 1.